The predicted molar refractivity (Wildman–Crippen MR) is 355 cm³/mol. The number of hydrogen-bond donors (Lipinski definition) is 3. The number of aliphatic hydroxyl groups excluding tert-OH is 1. The van der Waals surface area contributed by atoms with Crippen molar-refractivity contribution in [1.82, 2.24) is 5.32 Å². The molecule has 0 aromatic carbocycles. The van der Waals surface area contributed by atoms with Gasteiger partial charge in [0.2, 0.25) is 5.91 Å². The number of likely N-dealkylation sites (N-methyl/N-ethyl adjacent to an activating group) is 1. The summed E-state index contributed by atoms with van der Waals surface area (Å²) in [5.74, 6) is -0.169. The molecule has 8 nitrogen and oxygen atoms in total. The number of allylic oxidation sites excluding steroid dienone is 5. The summed E-state index contributed by atoms with van der Waals surface area (Å²) in [4.78, 5) is 23.4. The summed E-state index contributed by atoms with van der Waals surface area (Å²) in [6.45, 7) is 4.86. The lowest BCUT2D eigenvalue weighted by atomic mass is 10.0. The Morgan fingerprint density at radius 3 is 1.01 bits per heavy atom. The number of amides is 1. The van der Waals surface area contributed by atoms with Crippen molar-refractivity contribution in [2.45, 2.75) is 379 Å². The van der Waals surface area contributed by atoms with Crippen LogP contribution in [0.5, 0.6) is 0 Å². The monoisotopic (exact) mass is 1160 g/mol. The van der Waals surface area contributed by atoms with Crippen LogP contribution in [0.4, 0.5) is 0 Å². The van der Waals surface area contributed by atoms with Gasteiger partial charge in [0, 0.05) is 6.42 Å². The number of unbranched alkanes of at least 4 members (excludes halogenated alkanes) is 50. The van der Waals surface area contributed by atoms with Gasteiger partial charge in [0.25, 0.3) is 0 Å². The zero-order chi connectivity index (χ0) is 59.1. The fraction of sp³-hybridized carbons (Fsp3) is 0.903. The molecule has 0 fully saturated rings. The van der Waals surface area contributed by atoms with Crippen LogP contribution in [-0.4, -0.2) is 73.4 Å². The lowest BCUT2D eigenvalue weighted by molar-refractivity contribution is -0.870. The molecule has 0 rings (SSSR count). The van der Waals surface area contributed by atoms with Crippen molar-refractivity contribution >= 4 is 13.7 Å². The Morgan fingerprint density at radius 2 is 0.704 bits per heavy atom. The van der Waals surface area contributed by atoms with Gasteiger partial charge in [-0.2, -0.15) is 0 Å². The summed E-state index contributed by atoms with van der Waals surface area (Å²) in [7, 11) is 1.59. The van der Waals surface area contributed by atoms with Crippen LogP contribution in [0.15, 0.2) is 36.5 Å². The molecule has 3 N–H and O–H groups in total. The minimum Gasteiger partial charge on any atom is -0.387 e. The van der Waals surface area contributed by atoms with E-state index in [1.807, 2.05) is 27.2 Å². The maximum Gasteiger partial charge on any atom is 0.472 e. The van der Waals surface area contributed by atoms with Crippen LogP contribution < -0.4 is 5.32 Å². The van der Waals surface area contributed by atoms with E-state index in [4.69, 9.17) is 9.05 Å². The molecule has 9 heteroatoms. The highest BCUT2D eigenvalue weighted by molar-refractivity contribution is 7.47. The molecule has 0 aromatic rings. The molecule has 0 aliphatic rings. The number of phosphoric ester groups is 1. The largest absolute Gasteiger partial charge is 0.472 e. The second-order valence-electron chi connectivity index (χ2n) is 26.0. The summed E-state index contributed by atoms with van der Waals surface area (Å²) in [5, 5.41) is 14.0. The first-order valence-electron chi connectivity index (χ1n) is 35.9. The molecule has 0 aromatic heterocycles. The minimum atomic E-state index is -4.35. The molecule has 0 saturated heterocycles. The number of aliphatic hydroxyl groups is 1. The fourth-order valence-corrected chi connectivity index (χ4v) is 11.8. The maximum absolute atomic E-state index is 13.1. The van der Waals surface area contributed by atoms with E-state index in [1.165, 1.54) is 308 Å². The maximum atomic E-state index is 13.1. The van der Waals surface area contributed by atoms with Crippen LogP contribution in [0.1, 0.15) is 367 Å². The molecule has 0 radical (unpaired) electrons. The highest BCUT2D eigenvalue weighted by Gasteiger charge is 2.28. The molecule has 0 spiro atoms. The second kappa shape index (κ2) is 63.2. The zero-order valence-corrected chi connectivity index (χ0v) is 55.9. The molecular weight excluding hydrogens is 1020 g/mol. The number of quaternary nitrogens is 1. The second-order valence-corrected chi connectivity index (χ2v) is 27.4. The molecule has 480 valence electrons. The van der Waals surface area contributed by atoms with Gasteiger partial charge in [-0.15, -0.1) is 0 Å². The van der Waals surface area contributed by atoms with Crippen molar-refractivity contribution in [3.63, 3.8) is 0 Å². The van der Waals surface area contributed by atoms with Crippen LogP contribution in [0, 0.1) is 0 Å². The molecule has 0 aliphatic carbocycles. The highest BCUT2D eigenvalue weighted by Crippen LogP contribution is 2.43. The van der Waals surface area contributed by atoms with Gasteiger partial charge in [-0.25, -0.2) is 4.57 Å². The zero-order valence-electron chi connectivity index (χ0n) is 55.1. The van der Waals surface area contributed by atoms with E-state index in [2.05, 4.69) is 43.5 Å². The summed E-state index contributed by atoms with van der Waals surface area (Å²) in [6.07, 6.45) is 84.4. The Labute approximate surface area is 506 Å². The van der Waals surface area contributed by atoms with E-state index in [0.717, 1.165) is 38.5 Å². The van der Waals surface area contributed by atoms with Crippen LogP contribution in [-0.2, 0) is 18.4 Å². The van der Waals surface area contributed by atoms with E-state index < -0.39 is 20.0 Å². The molecule has 3 unspecified atom stereocenters. The summed E-state index contributed by atoms with van der Waals surface area (Å²) in [6, 6.07) is -0.845. The number of nitrogens with one attached hydrogen (secondary N) is 1. The molecule has 1 amide bonds. The summed E-state index contributed by atoms with van der Waals surface area (Å²) < 4.78 is 23.8. The number of carbonyl (C=O) groups is 1. The fourth-order valence-electron chi connectivity index (χ4n) is 11.0. The predicted octanol–water partition coefficient (Wildman–Crippen LogP) is 22.8. The molecule has 81 heavy (non-hydrogen) atoms. The standard InChI is InChI=1S/C72H141N2O6P/c1-6-8-10-12-14-16-18-20-22-24-26-28-30-31-32-33-34-35-36-37-38-39-40-41-42-43-44-46-48-50-52-54-56-58-60-62-64-66-72(76)73-70(69-80-81(77,78)79-68-67-74(3,4)5)71(75)65-63-61-59-57-55-53-51-49-47-45-29-27-25-23-21-19-17-15-13-11-9-7-2/h18,20,24,26,63,65,70-71,75H,6-17,19,21-23,25,27-62,64,66-69H2,1-5H3,(H-,73,76,77,78)/p+1/b20-18-,26-24-,65-63+. The van der Waals surface area contributed by atoms with Crippen LogP contribution in [0.25, 0.3) is 0 Å². The van der Waals surface area contributed by atoms with E-state index in [0.29, 0.717) is 17.4 Å². The van der Waals surface area contributed by atoms with Crippen LogP contribution in [0.2, 0.25) is 0 Å². The topological polar surface area (TPSA) is 105 Å². The molecule has 0 bridgehead atoms. The van der Waals surface area contributed by atoms with Crippen LogP contribution >= 0.6 is 7.82 Å². The third-order valence-corrected chi connectivity index (χ3v) is 17.6. The van der Waals surface area contributed by atoms with E-state index in [1.54, 1.807) is 6.08 Å². The Kier molecular flexibility index (Phi) is 62.2. The molecule has 0 saturated carbocycles. The summed E-state index contributed by atoms with van der Waals surface area (Å²) in [5.41, 5.74) is 0. The third-order valence-electron chi connectivity index (χ3n) is 16.6. The number of hydrogen-bond acceptors (Lipinski definition) is 5. The van der Waals surface area contributed by atoms with Gasteiger partial charge in [-0.1, -0.05) is 346 Å². The van der Waals surface area contributed by atoms with Crippen LogP contribution in [0.3, 0.4) is 0 Å². The quantitative estimate of drug-likeness (QED) is 0.0243. The average molecular weight is 1160 g/mol. The molecular formula is C72H142N2O6P+. The summed E-state index contributed by atoms with van der Waals surface area (Å²) >= 11 is 0. The van der Waals surface area contributed by atoms with Gasteiger partial charge in [0.05, 0.1) is 39.9 Å². The highest BCUT2D eigenvalue weighted by atomic mass is 31.2. The lowest BCUT2D eigenvalue weighted by Gasteiger charge is -2.25. The number of nitrogens with zero attached hydrogens (tertiary/aromatic N) is 1. The van der Waals surface area contributed by atoms with E-state index >= 15 is 0 Å². The number of carbonyl (C=O) groups excluding carboxylic acids is 1. The van der Waals surface area contributed by atoms with Gasteiger partial charge in [0.1, 0.15) is 13.2 Å². The first-order chi connectivity index (χ1) is 39.5. The lowest BCUT2D eigenvalue weighted by Crippen LogP contribution is -2.45. The number of rotatable bonds is 67. The van der Waals surface area contributed by atoms with Gasteiger partial charge in [0.15, 0.2) is 0 Å². The average Bonchev–Trinajstić information content (AvgIpc) is 3.43. The Morgan fingerprint density at radius 1 is 0.420 bits per heavy atom. The van der Waals surface area contributed by atoms with Crippen molar-refractivity contribution in [3.8, 4) is 0 Å². The van der Waals surface area contributed by atoms with Crippen molar-refractivity contribution in [3.05, 3.63) is 36.5 Å². The normalized spacial score (nSPS) is 13.8. The van der Waals surface area contributed by atoms with E-state index in [9.17, 15) is 19.4 Å². The Bertz CT molecular complexity index is 1410. The van der Waals surface area contributed by atoms with Crippen molar-refractivity contribution in [2.75, 3.05) is 40.9 Å². The third kappa shape index (κ3) is 66.1. The van der Waals surface area contributed by atoms with Gasteiger partial charge in [-0.05, 0) is 51.4 Å². The van der Waals surface area contributed by atoms with Gasteiger partial charge < -0.3 is 19.8 Å². The van der Waals surface area contributed by atoms with Crippen molar-refractivity contribution in [2.24, 2.45) is 0 Å². The first-order valence-corrected chi connectivity index (χ1v) is 37.4. The smallest absolute Gasteiger partial charge is 0.387 e. The Balaban J connectivity index is 3.96. The first kappa shape index (κ1) is 79.7. The van der Waals surface area contributed by atoms with Gasteiger partial charge >= 0.3 is 7.82 Å². The molecule has 0 aliphatic heterocycles. The van der Waals surface area contributed by atoms with Crippen molar-refractivity contribution in [1.29, 1.82) is 0 Å². The molecule has 0 heterocycles. The van der Waals surface area contributed by atoms with Gasteiger partial charge in [-0.3, -0.25) is 13.8 Å². The van der Waals surface area contributed by atoms with E-state index in [-0.39, 0.29) is 19.1 Å². The molecule has 3 atom stereocenters. The number of phosphoric acid groups is 1. The minimum absolute atomic E-state index is 0.0641. The Hall–Kier alpha value is -1.28. The van der Waals surface area contributed by atoms with Crippen molar-refractivity contribution < 1.29 is 32.9 Å². The SMILES string of the molecule is CCCCCCC/C=C\C/C=C\CCCCCCCCCCCCCCCCCCCCCCCCCCCC(=O)NC(COP(=O)(O)OCC[N+](C)(C)C)C(O)/C=C/CCCCCCCCCCCCCCCCCCCCCC.